The number of halogens is 1. The normalized spacial score (nSPS) is 29.2. The fourth-order valence-electron chi connectivity index (χ4n) is 1.81. The fourth-order valence-corrected chi connectivity index (χ4v) is 1.99. The van der Waals surface area contributed by atoms with Crippen LogP contribution in [0.2, 0.25) is 5.02 Å². The monoisotopic (exact) mass is 241 g/mol. The molecule has 0 aromatic heterocycles. The van der Waals surface area contributed by atoms with Gasteiger partial charge in [-0.3, -0.25) is 0 Å². The van der Waals surface area contributed by atoms with Gasteiger partial charge in [0.2, 0.25) is 0 Å². The number of rotatable bonds is 2. The number of hydrazine groups is 1. The number of hydrogen-bond donors (Lipinski definition) is 4. The van der Waals surface area contributed by atoms with E-state index in [1.54, 1.807) is 12.1 Å². The number of carbonyl (C=O) groups excluding carboxylic acids is 1. The van der Waals surface area contributed by atoms with Crippen LogP contribution in [0.3, 0.4) is 0 Å². The van der Waals surface area contributed by atoms with E-state index in [9.17, 15) is 9.90 Å². The number of benzene rings is 1. The van der Waals surface area contributed by atoms with Crippen LogP contribution in [0.15, 0.2) is 18.2 Å². The topological polar surface area (TPSA) is 87.4 Å². The van der Waals surface area contributed by atoms with Crippen molar-refractivity contribution in [2.45, 2.75) is 12.2 Å². The third kappa shape index (κ3) is 1.90. The van der Waals surface area contributed by atoms with E-state index in [1.807, 2.05) is 0 Å². The van der Waals surface area contributed by atoms with Gasteiger partial charge in [0.15, 0.2) is 0 Å². The van der Waals surface area contributed by atoms with Crippen LogP contribution >= 0.6 is 11.6 Å². The first kappa shape index (κ1) is 11.3. The van der Waals surface area contributed by atoms with Gasteiger partial charge < -0.3 is 15.6 Å². The van der Waals surface area contributed by atoms with Crippen molar-refractivity contribution in [2.75, 3.05) is 0 Å². The van der Waals surface area contributed by atoms with Crippen molar-refractivity contribution in [3.8, 4) is 5.75 Å². The average molecular weight is 242 g/mol. The van der Waals surface area contributed by atoms with Crippen LogP contribution in [-0.4, -0.2) is 17.6 Å². The van der Waals surface area contributed by atoms with Gasteiger partial charge in [-0.25, -0.2) is 10.9 Å². The second-order valence-electron chi connectivity index (χ2n) is 3.71. The van der Waals surface area contributed by atoms with E-state index in [-0.39, 0.29) is 11.8 Å². The number of phenolic OH excluding ortho intramolecular Hbond substituents is 1. The molecule has 1 saturated heterocycles. The van der Waals surface area contributed by atoms with Gasteiger partial charge in [0.05, 0.1) is 18.1 Å². The predicted molar refractivity (Wildman–Crippen MR) is 59.7 cm³/mol. The predicted octanol–water partition coefficient (Wildman–Crippen LogP) is 0.294. The van der Waals surface area contributed by atoms with Gasteiger partial charge >= 0.3 is 0 Å². The molecule has 3 unspecified atom stereocenters. The highest BCUT2D eigenvalue weighted by atomic mass is 35.5. The Bertz CT molecular complexity index is 413. The van der Waals surface area contributed by atoms with E-state index in [2.05, 4.69) is 10.9 Å². The van der Waals surface area contributed by atoms with Gasteiger partial charge in [-0.2, -0.15) is 0 Å². The summed E-state index contributed by atoms with van der Waals surface area (Å²) < 4.78 is 0. The Balaban J connectivity index is 2.36. The van der Waals surface area contributed by atoms with Gasteiger partial charge in [0.25, 0.3) is 0 Å². The molecule has 3 atom stereocenters. The van der Waals surface area contributed by atoms with E-state index in [0.29, 0.717) is 10.6 Å². The molecule has 2 rings (SSSR count). The molecule has 0 amide bonds. The summed E-state index contributed by atoms with van der Waals surface area (Å²) in [4.78, 5) is 10.9. The smallest absolute Gasteiger partial charge is 0.127 e. The maximum atomic E-state index is 10.9. The molecule has 6 heteroatoms. The zero-order chi connectivity index (χ0) is 11.7. The standard InChI is InChI=1S/C10H12ClN3O2/c11-5-1-2-8(16)6(3-5)9-7(4-15)10(12)14-13-9/h1-4,7,9-10,13-14,16H,12H2. The van der Waals surface area contributed by atoms with Crippen LogP contribution < -0.4 is 16.6 Å². The van der Waals surface area contributed by atoms with Crippen molar-refractivity contribution in [3.63, 3.8) is 0 Å². The van der Waals surface area contributed by atoms with E-state index in [0.717, 1.165) is 6.29 Å². The lowest BCUT2D eigenvalue weighted by molar-refractivity contribution is -0.111. The summed E-state index contributed by atoms with van der Waals surface area (Å²) in [6, 6.07) is 4.32. The molecule has 86 valence electrons. The van der Waals surface area contributed by atoms with Crippen molar-refractivity contribution in [3.05, 3.63) is 28.8 Å². The molecule has 1 heterocycles. The summed E-state index contributed by atoms with van der Waals surface area (Å²) >= 11 is 5.84. The van der Waals surface area contributed by atoms with Gasteiger partial charge in [0, 0.05) is 10.6 Å². The number of phenols is 1. The van der Waals surface area contributed by atoms with E-state index >= 15 is 0 Å². The SMILES string of the molecule is NC1NNC(c2cc(Cl)ccc2O)C1C=O. The van der Waals surface area contributed by atoms with Crippen LogP contribution in [0.1, 0.15) is 11.6 Å². The maximum absolute atomic E-state index is 10.9. The number of nitrogens with one attached hydrogen (secondary N) is 2. The molecule has 0 radical (unpaired) electrons. The molecule has 5 N–H and O–H groups in total. The molecule has 1 aliphatic heterocycles. The Morgan fingerprint density at radius 1 is 1.44 bits per heavy atom. The number of nitrogens with two attached hydrogens (primary N) is 1. The maximum Gasteiger partial charge on any atom is 0.127 e. The highest BCUT2D eigenvalue weighted by molar-refractivity contribution is 6.30. The quantitative estimate of drug-likeness (QED) is 0.560. The summed E-state index contributed by atoms with van der Waals surface area (Å²) in [6.07, 6.45) is 0.295. The third-order valence-corrected chi connectivity index (χ3v) is 2.92. The van der Waals surface area contributed by atoms with Crippen LogP contribution in [-0.2, 0) is 4.79 Å². The largest absolute Gasteiger partial charge is 0.508 e. The molecular weight excluding hydrogens is 230 g/mol. The van der Waals surface area contributed by atoms with Gasteiger partial charge in [-0.15, -0.1) is 0 Å². The Morgan fingerprint density at radius 3 is 2.88 bits per heavy atom. The van der Waals surface area contributed by atoms with Crippen LogP contribution in [0.4, 0.5) is 0 Å². The Hall–Kier alpha value is -1.14. The molecule has 1 aliphatic rings. The Morgan fingerprint density at radius 2 is 2.19 bits per heavy atom. The van der Waals surface area contributed by atoms with Crippen LogP contribution in [0, 0.1) is 5.92 Å². The average Bonchev–Trinajstić information content (AvgIpc) is 2.63. The van der Waals surface area contributed by atoms with Gasteiger partial charge in [-0.1, -0.05) is 11.6 Å². The molecule has 1 aromatic rings. The Labute approximate surface area is 97.6 Å². The van der Waals surface area contributed by atoms with Crippen molar-refractivity contribution < 1.29 is 9.90 Å². The highest BCUT2D eigenvalue weighted by Gasteiger charge is 2.35. The molecule has 0 saturated carbocycles. The van der Waals surface area contributed by atoms with Crippen molar-refractivity contribution >= 4 is 17.9 Å². The number of aldehydes is 1. The summed E-state index contributed by atoms with van der Waals surface area (Å²) in [7, 11) is 0. The first-order valence-electron chi connectivity index (χ1n) is 4.84. The molecular formula is C10H12ClN3O2. The molecule has 0 bridgehead atoms. The second-order valence-corrected chi connectivity index (χ2v) is 4.15. The summed E-state index contributed by atoms with van der Waals surface area (Å²) in [5, 5.41) is 10.2. The van der Waals surface area contributed by atoms with Crippen LogP contribution in [0.5, 0.6) is 5.75 Å². The number of carbonyl (C=O) groups is 1. The first-order chi connectivity index (χ1) is 7.63. The third-order valence-electron chi connectivity index (χ3n) is 2.69. The fraction of sp³-hybridized carbons (Fsp3) is 0.300. The minimum absolute atomic E-state index is 0.0876. The molecule has 5 nitrogen and oxygen atoms in total. The first-order valence-corrected chi connectivity index (χ1v) is 5.21. The summed E-state index contributed by atoms with van der Waals surface area (Å²) in [5.74, 6) is -0.353. The lowest BCUT2D eigenvalue weighted by atomic mass is 9.94. The number of aromatic hydroxyl groups is 1. The van der Waals surface area contributed by atoms with Gasteiger partial charge in [-0.05, 0) is 18.2 Å². The summed E-state index contributed by atoms with van der Waals surface area (Å²) in [5.41, 5.74) is 11.9. The summed E-state index contributed by atoms with van der Waals surface area (Å²) in [6.45, 7) is 0. The van der Waals surface area contributed by atoms with E-state index < -0.39 is 12.1 Å². The van der Waals surface area contributed by atoms with Crippen LogP contribution in [0.25, 0.3) is 0 Å². The Kier molecular flexibility index (Phi) is 3.11. The zero-order valence-corrected chi connectivity index (χ0v) is 9.11. The van der Waals surface area contributed by atoms with Crippen molar-refractivity contribution in [1.82, 2.24) is 10.9 Å². The van der Waals surface area contributed by atoms with Crippen molar-refractivity contribution in [2.24, 2.45) is 11.7 Å². The highest BCUT2D eigenvalue weighted by Crippen LogP contribution is 2.33. The molecule has 1 aromatic carbocycles. The van der Waals surface area contributed by atoms with Gasteiger partial charge in [0.1, 0.15) is 12.0 Å². The lowest BCUT2D eigenvalue weighted by Crippen LogP contribution is -2.39. The molecule has 0 spiro atoms. The number of hydrogen-bond acceptors (Lipinski definition) is 5. The molecule has 0 aliphatic carbocycles. The minimum Gasteiger partial charge on any atom is -0.508 e. The van der Waals surface area contributed by atoms with Crippen molar-refractivity contribution in [1.29, 1.82) is 0 Å². The van der Waals surface area contributed by atoms with E-state index in [1.165, 1.54) is 6.07 Å². The molecule has 1 fully saturated rings. The lowest BCUT2D eigenvalue weighted by Gasteiger charge is -2.16. The molecule has 16 heavy (non-hydrogen) atoms. The zero-order valence-electron chi connectivity index (χ0n) is 8.35. The van der Waals surface area contributed by atoms with E-state index in [4.69, 9.17) is 17.3 Å². The minimum atomic E-state index is -0.471. The second kappa shape index (κ2) is 4.39.